The molecule has 194 valence electrons. The van der Waals surface area contributed by atoms with E-state index in [9.17, 15) is 31.5 Å². The van der Waals surface area contributed by atoms with Crippen molar-refractivity contribution in [1.82, 2.24) is 19.9 Å². The second kappa shape index (κ2) is 9.82. The van der Waals surface area contributed by atoms with Crippen molar-refractivity contribution in [3.8, 4) is 6.01 Å². The Morgan fingerprint density at radius 1 is 1.20 bits per heavy atom. The Morgan fingerprint density at radius 2 is 1.89 bits per heavy atom. The molecule has 0 bridgehead atoms. The van der Waals surface area contributed by atoms with Crippen LogP contribution in [0.25, 0.3) is 0 Å². The third-order valence-electron chi connectivity index (χ3n) is 6.18. The number of ether oxygens (including phenoxy) is 1. The highest BCUT2D eigenvalue weighted by Gasteiger charge is 2.39. The molecule has 2 amide bonds. The molecule has 2 N–H and O–H groups in total. The van der Waals surface area contributed by atoms with Gasteiger partial charge in [-0.3, -0.25) is 9.11 Å². The van der Waals surface area contributed by atoms with Crippen molar-refractivity contribution in [2.45, 2.75) is 31.4 Å². The molecule has 1 aromatic carbocycles. The fraction of sp³-hybridized carbons (Fsp3) is 0.571. The monoisotopic (exact) mass is 522 g/mol. The van der Waals surface area contributed by atoms with E-state index in [1.54, 1.807) is 6.92 Å². The van der Waals surface area contributed by atoms with E-state index in [0.29, 0.717) is 12.7 Å². The summed E-state index contributed by atoms with van der Waals surface area (Å²) in [5, 5.41) is 3.74. The average molecular weight is 523 g/mol. The lowest BCUT2D eigenvalue weighted by Crippen LogP contribution is -2.52. The number of amides is 2. The first-order valence-electron chi connectivity index (χ1n) is 11.1. The lowest BCUT2D eigenvalue weighted by Gasteiger charge is -2.44. The van der Waals surface area contributed by atoms with Crippen molar-refractivity contribution in [3.63, 3.8) is 0 Å². The minimum atomic E-state index is -4.68. The molecule has 35 heavy (non-hydrogen) atoms. The van der Waals surface area contributed by atoms with Gasteiger partial charge in [-0.2, -0.15) is 28.7 Å². The summed E-state index contributed by atoms with van der Waals surface area (Å²) in [7, 11) is -2.71. The van der Waals surface area contributed by atoms with Gasteiger partial charge in [0.25, 0.3) is 0 Å². The molecule has 2 unspecified atom stereocenters. The lowest BCUT2D eigenvalue weighted by molar-refractivity contribution is -0.137. The van der Waals surface area contributed by atoms with Crippen molar-refractivity contribution < 1.29 is 40.7 Å². The fourth-order valence-electron chi connectivity index (χ4n) is 4.39. The van der Waals surface area contributed by atoms with Crippen molar-refractivity contribution in [3.05, 3.63) is 41.0 Å². The number of urea groups is 1. The number of hydrogen-bond donors (Lipinski definition) is 2. The predicted octanol–water partition coefficient (Wildman–Crippen LogP) is 4.39. The van der Waals surface area contributed by atoms with E-state index in [-0.39, 0.29) is 67.6 Å². The van der Waals surface area contributed by atoms with E-state index in [1.807, 2.05) is 0 Å². The average Bonchev–Trinajstić information content (AvgIpc) is 3.27. The summed E-state index contributed by atoms with van der Waals surface area (Å²) in [5.74, 6) is -1.84. The van der Waals surface area contributed by atoms with E-state index in [1.165, 1.54) is 9.80 Å². The van der Waals surface area contributed by atoms with Crippen LogP contribution in [0.1, 0.15) is 42.2 Å². The molecule has 2 aliphatic rings. The molecule has 2 fully saturated rings. The smallest absolute Gasteiger partial charge is 0.416 e. The van der Waals surface area contributed by atoms with Crippen LogP contribution in [-0.2, 0) is 6.18 Å². The van der Waals surface area contributed by atoms with E-state index in [4.69, 9.17) is 9.26 Å². The zero-order valence-corrected chi connectivity index (χ0v) is 19.7. The van der Waals surface area contributed by atoms with Crippen LogP contribution in [0.2, 0.25) is 0 Å². The molecular formula is C21H26F4N4O5S. The Kier molecular flexibility index (Phi) is 7.16. The number of likely N-dealkylation sites (tertiary alicyclic amines) is 1. The highest BCUT2D eigenvalue weighted by molar-refractivity contribution is 8.24. The van der Waals surface area contributed by atoms with Gasteiger partial charge in [0.05, 0.1) is 29.6 Å². The standard InChI is InChI=1S/C21H26F4N4O5S/c1-2-33-19-26-18(34-27-19)14-9-13(16-4-3-15(10-17(16)22)21(23,24)25)11-29(12-14)20(30)28-5-7-35(31,32)8-6-28/h3-4,10,13-14,31-32H,2,5-9,11-12H2,1H3. The minimum Gasteiger partial charge on any atom is -0.462 e. The van der Waals surface area contributed by atoms with Crippen LogP contribution in [0, 0.1) is 5.82 Å². The predicted molar refractivity (Wildman–Crippen MR) is 118 cm³/mol. The Morgan fingerprint density at radius 3 is 2.51 bits per heavy atom. The summed E-state index contributed by atoms with van der Waals surface area (Å²) < 4.78 is 84.1. The number of rotatable bonds is 4. The first-order valence-corrected chi connectivity index (χ1v) is 13.0. The number of benzene rings is 1. The van der Waals surface area contributed by atoms with E-state index in [2.05, 4.69) is 10.1 Å². The second-order valence-electron chi connectivity index (χ2n) is 8.60. The molecule has 1 aromatic heterocycles. The topological polar surface area (TPSA) is 112 Å². The number of nitrogens with zero attached hydrogens (tertiary/aromatic N) is 4. The number of alkyl halides is 3. The summed E-state index contributed by atoms with van der Waals surface area (Å²) in [6.45, 7) is 2.58. The van der Waals surface area contributed by atoms with Gasteiger partial charge in [0, 0.05) is 32.1 Å². The number of piperidine rings is 1. The Hall–Kier alpha value is -2.58. The zero-order chi connectivity index (χ0) is 25.4. The highest BCUT2D eigenvalue weighted by atomic mass is 32.3. The maximum absolute atomic E-state index is 14.8. The third-order valence-corrected chi connectivity index (χ3v) is 7.85. The summed E-state index contributed by atoms with van der Waals surface area (Å²) in [4.78, 5) is 20.4. The molecule has 14 heteroatoms. The van der Waals surface area contributed by atoms with Crippen molar-refractivity contribution in [1.29, 1.82) is 0 Å². The van der Waals surface area contributed by atoms with E-state index in [0.717, 1.165) is 12.1 Å². The molecule has 2 aliphatic heterocycles. The normalized spacial score (nSPS) is 23.7. The maximum Gasteiger partial charge on any atom is 0.416 e. The van der Waals surface area contributed by atoms with Crippen LogP contribution >= 0.6 is 10.6 Å². The van der Waals surface area contributed by atoms with Crippen LogP contribution < -0.4 is 4.74 Å². The van der Waals surface area contributed by atoms with Gasteiger partial charge in [-0.25, -0.2) is 9.18 Å². The number of carbonyl (C=O) groups excluding carboxylic acids is 1. The van der Waals surface area contributed by atoms with Crippen LogP contribution in [0.3, 0.4) is 0 Å². The van der Waals surface area contributed by atoms with Gasteiger partial charge in [-0.1, -0.05) is 6.07 Å². The van der Waals surface area contributed by atoms with Gasteiger partial charge in [-0.05, 0) is 36.2 Å². The summed E-state index contributed by atoms with van der Waals surface area (Å²) in [5.41, 5.74) is -1.04. The largest absolute Gasteiger partial charge is 0.462 e. The third kappa shape index (κ3) is 5.81. The molecule has 0 radical (unpaired) electrons. The molecule has 0 aliphatic carbocycles. The van der Waals surface area contributed by atoms with E-state index >= 15 is 0 Å². The number of carbonyl (C=O) groups is 1. The first kappa shape index (κ1) is 25.5. The number of hydrogen-bond acceptors (Lipinski definition) is 7. The molecular weight excluding hydrogens is 496 g/mol. The van der Waals surface area contributed by atoms with Gasteiger partial charge < -0.3 is 19.1 Å². The van der Waals surface area contributed by atoms with Crippen LogP contribution in [-0.4, -0.2) is 79.4 Å². The van der Waals surface area contributed by atoms with Gasteiger partial charge in [0.2, 0.25) is 5.89 Å². The van der Waals surface area contributed by atoms with Crippen molar-refractivity contribution in [2.75, 3.05) is 44.3 Å². The zero-order valence-electron chi connectivity index (χ0n) is 18.9. The number of aromatic nitrogens is 2. The molecule has 3 heterocycles. The maximum atomic E-state index is 14.8. The summed E-state index contributed by atoms with van der Waals surface area (Å²) in [6, 6.07) is 2.02. The molecule has 0 saturated carbocycles. The van der Waals surface area contributed by atoms with E-state index < -0.39 is 40.0 Å². The van der Waals surface area contributed by atoms with Gasteiger partial charge in [0.15, 0.2) is 0 Å². The summed E-state index contributed by atoms with van der Waals surface area (Å²) >= 11 is 0. The Bertz CT molecular complexity index is 1060. The molecule has 2 aromatic rings. The van der Waals surface area contributed by atoms with Gasteiger partial charge in [-0.15, -0.1) is 0 Å². The fourth-order valence-corrected chi connectivity index (χ4v) is 5.62. The number of halogens is 4. The first-order chi connectivity index (χ1) is 16.5. The lowest BCUT2D eigenvalue weighted by atomic mass is 9.84. The highest BCUT2D eigenvalue weighted by Crippen LogP contribution is 2.42. The van der Waals surface area contributed by atoms with Crippen molar-refractivity contribution >= 4 is 16.6 Å². The SMILES string of the molecule is CCOc1noc(C2CC(c3ccc(C(F)(F)F)cc3F)CN(C(=O)N3CCS(O)(O)CC3)C2)n1. The van der Waals surface area contributed by atoms with Gasteiger partial charge >= 0.3 is 18.2 Å². The van der Waals surface area contributed by atoms with Gasteiger partial charge in [0.1, 0.15) is 5.82 Å². The molecule has 2 saturated heterocycles. The van der Waals surface area contributed by atoms with Crippen molar-refractivity contribution in [2.24, 2.45) is 0 Å². The molecule has 2 atom stereocenters. The van der Waals surface area contributed by atoms with Crippen LogP contribution in [0.4, 0.5) is 22.4 Å². The quantitative estimate of drug-likeness (QED) is 0.573. The molecule has 0 spiro atoms. The molecule has 4 rings (SSSR count). The Balaban J connectivity index is 1.60. The molecule has 9 nitrogen and oxygen atoms in total. The van der Waals surface area contributed by atoms with Crippen LogP contribution in [0.5, 0.6) is 6.01 Å². The summed E-state index contributed by atoms with van der Waals surface area (Å²) in [6.07, 6.45) is -4.42. The van der Waals surface area contributed by atoms with Crippen LogP contribution in [0.15, 0.2) is 22.7 Å². The minimum absolute atomic E-state index is 0.0180. The second-order valence-corrected chi connectivity index (χ2v) is 11.0. The Labute approximate surface area is 200 Å².